The van der Waals surface area contributed by atoms with Gasteiger partial charge < -0.3 is 10.2 Å². The Balaban J connectivity index is 1.36. The number of hydrogen-bond donors (Lipinski definition) is 1. The van der Waals surface area contributed by atoms with E-state index in [9.17, 15) is 9.59 Å². The summed E-state index contributed by atoms with van der Waals surface area (Å²) in [7, 11) is 0. The number of nitrogens with zero attached hydrogens (tertiary/aromatic N) is 1. The first-order chi connectivity index (χ1) is 12.2. The van der Waals surface area contributed by atoms with E-state index >= 15 is 0 Å². The third kappa shape index (κ3) is 3.86. The molecule has 1 aliphatic heterocycles. The van der Waals surface area contributed by atoms with E-state index in [2.05, 4.69) is 5.32 Å². The molecule has 134 valence electrons. The van der Waals surface area contributed by atoms with Gasteiger partial charge in [-0.15, -0.1) is 0 Å². The highest BCUT2D eigenvalue weighted by molar-refractivity contribution is 7.99. The van der Waals surface area contributed by atoms with Crippen LogP contribution in [0.3, 0.4) is 0 Å². The van der Waals surface area contributed by atoms with Crippen molar-refractivity contribution >= 4 is 29.3 Å². The van der Waals surface area contributed by atoms with Gasteiger partial charge in [0.25, 0.3) is 5.91 Å². The first-order valence-electron chi connectivity index (χ1n) is 9.46. The van der Waals surface area contributed by atoms with Crippen molar-refractivity contribution in [3.63, 3.8) is 0 Å². The first-order valence-corrected chi connectivity index (χ1v) is 10.6. The lowest BCUT2D eigenvalue weighted by Crippen LogP contribution is -2.37. The minimum Gasteiger partial charge on any atom is -0.337 e. The van der Waals surface area contributed by atoms with E-state index in [1.807, 2.05) is 40.9 Å². The number of hydrogen-bond acceptors (Lipinski definition) is 3. The summed E-state index contributed by atoms with van der Waals surface area (Å²) in [5.41, 5.74) is 1.41. The Labute approximate surface area is 153 Å². The second-order valence-corrected chi connectivity index (χ2v) is 8.90. The van der Waals surface area contributed by atoms with Crippen LogP contribution in [0.1, 0.15) is 42.5 Å². The van der Waals surface area contributed by atoms with Crippen LogP contribution in [0.15, 0.2) is 24.3 Å². The highest BCUT2D eigenvalue weighted by Crippen LogP contribution is 2.49. The first kappa shape index (κ1) is 17.0. The van der Waals surface area contributed by atoms with Gasteiger partial charge in [0.1, 0.15) is 0 Å². The van der Waals surface area contributed by atoms with Crippen LogP contribution in [-0.4, -0.2) is 41.3 Å². The summed E-state index contributed by atoms with van der Waals surface area (Å²) in [4.78, 5) is 26.9. The van der Waals surface area contributed by atoms with Crippen LogP contribution in [0.4, 0.5) is 5.69 Å². The SMILES string of the molecule is O=C(CC1CC2CCC1C2)Nc1cccc(C(=O)N2CCSCC2)c1. The maximum Gasteiger partial charge on any atom is 0.253 e. The van der Waals surface area contributed by atoms with Crippen LogP contribution in [0.2, 0.25) is 0 Å². The molecule has 5 heteroatoms. The van der Waals surface area contributed by atoms with Crippen molar-refractivity contribution in [2.24, 2.45) is 17.8 Å². The molecule has 1 saturated heterocycles. The molecule has 2 amide bonds. The molecule has 0 radical (unpaired) electrons. The summed E-state index contributed by atoms with van der Waals surface area (Å²) >= 11 is 1.89. The van der Waals surface area contributed by atoms with Gasteiger partial charge in [0.15, 0.2) is 0 Å². The molecule has 3 atom stereocenters. The van der Waals surface area contributed by atoms with Gasteiger partial charge in [-0.1, -0.05) is 12.5 Å². The fourth-order valence-corrected chi connectivity index (χ4v) is 5.66. The Bertz CT molecular complexity index is 657. The number of thioether (sulfide) groups is 1. The van der Waals surface area contributed by atoms with E-state index in [1.165, 1.54) is 25.7 Å². The van der Waals surface area contributed by atoms with Crippen LogP contribution in [-0.2, 0) is 4.79 Å². The van der Waals surface area contributed by atoms with Crippen molar-refractivity contribution in [2.75, 3.05) is 29.9 Å². The van der Waals surface area contributed by atoms with Crippen LogP contribution >= 0.6 is 11.8 Å². The van der Waals surface area contributed by atoms with E-state index in [-0.39, 0.29) is 11.8 Å². The van der Waals surface area contributed by atoms with Crippen molar-refractivity contribution in [2.45, 2.75) is 32.1 Å². The predicted octanol–water partition coefficient (Wildman–Crippen LogP) is 3.64. The van der Waals surface area contributed by atoms with Gasteiger partial charge in [-0.2, -0.15) is 11.8 Å². The van der Waals surface area contributed by atoms with E-state index in [1.54, 1.807) is 0 Å². The van der Waals surface area contributed by atoms with Gasteiger partial charge in [0.05, 0.1) is 0 Å². The Morgan fingerprint density at radius 1 is 1.16 bits per heavy atom. The molecule has 1 N–H and O–H groups in total. The second kappa shape index (κ2) is 7.40. The molecular formula is C20H26N2O2S. The monoisotopic (exact) mass is 358 g/mol. The molecule has 4 rings (SSSR count). The third-order valence-electron chi connectivity index (χ3n) is 6.02. The van der Waals surface area contributed by atoms with Crippen molar-refractivity contribution in [1.82, 2.24) is 4.90 Å². The number of benzene rings is 1. The molecule has 0 spiro atoms. The second-order valence-electron chi connectivity index (χ2n) is 7.67. The molecule has 3 unspecified atom stereocenters. The Morgan fingerprint density at radius 2 is 2.00 bits per heavy atom. The molecule has 1 aromatic carbocycles. The zero-order valence-corrected chi connectivity index (χ0v) is 15.4. The van der Waals surface area contributed by atoms with Gasteiger partial charge in [-0.05, 0) is 55.2 Å². The van der Waals surface area contributed by atoms with Crippen molar-refractivity contribution in [3.8, 4) is 0 Å². The van der Waals surface area contributed by atoms with Crippen LogP contribution in [0.5, 0.6) is 0 Å². The third-order valence-corrected chi connectivity index (χ3v) is 6.97. The summed E-state index contributed by atoms with van der Waals surface area (Å²) in [6.45, 7) is 1.62. The minimum atomic E-state index is 0.0736. The van der Waals surface area contributed by atoms with Crippen LogP contribution in [0, 0.1) is 17.8 Å². The average molecular weight is 359 g/mol. The highest BCUT2D eigenvalue weighted by atomic mass is 32.2. The normalized spacial score (nSPS) is 28.2. The molecule has 25 heavy (non-hydrogen) atoms. The van der Waals surface area contributed by atoms with Crippen LogP contribution in [0.25, 0.3) is 0 Å². The van der Waals surface area contributed by atoms with Crippen molar-refractivity contribution in [1.29, 1.82) is 0 Å². The molecule has 2 bridgehead atoms. The number of anilines is 1. The zero-order valence-electron chi connectivity index (χ0n) is 14.6. The largest absolute Gasteiger partial charge is 0.337 e. The quantitative estimate of drug-likeness (QED) is 0.894. The zero-order chi connectivity index (χ0) is 17.2. The summed E-state index contributed by atoms with van der Waals surface area (Å²) in [6, 6.07) is 7.40. The summed E-state index contributed by atoms with van der Waals surface area (Å²) in [6.07, 6.45) is 5.85. The molecule has 1 heterocycles. The van der Waals surface area contributed by atoms with Gasteiger partial charge in [-0.3, -0.25) is 9.59 Å². The fraction of sp³-hybridized carbons (Fsp3) is 0.600. The number of rotatable bonds is 4. The van der Waals surface area contributed by atoms with E-state index in [4.69, 9.17) is 0 Å². The predicted molar refractivity (Wildman–Crippen MR) is 102 cm³/mol. The van der Waals surface area contributed by atoms with Gasteiger partial charge in [0, 0.05) is 42.3 Å². The van der Waals surface area contributed by atoms with Crippen LogP contribution < -0.4 is 5.32 Å². The number of carbonyl (C=O) groups excluding carboxylic acids is 2. The van der Waals surface area contributed by atoms with E-state index in [0.717, 1.165) is 42.1 Å². The standard InChI is InChI=1S/C20H26N2O2S/c23-19(13-17-11-14-4-5-15(17)10-14)21-18-3-1-2-16(12-18)20(24)22-6-8-25-9-7-22/h1-3,12,14-15,17H,4-11,13H2,(H,21,23). The number of amides is 2. The maximum atomic E-state index is 12.6. The molecule has 2 aliphatic carbocycles. The van der Waals surface area contributed by atoms with E-state index in [0.29, 0.717) is 17.9 Å². The Hall–Kier alpha value is -1.49. The fourth-order valence-electron chi connectivity index (χ4n) is 4.76. The van der Waals surface area contributed by atoms with Gasteiger partial charge in [0.2, 0.25) is 5.91 Å². The summed E-state index contributed by atoms with van der Waals surface area (Å²) < 4.78 is 0. The van der Waals surface area contributed by atoms with Gasteiger partial charge >= 0.3 is 0 Å². The summed E-state index contributed by atoms with van der Waals surface area (Å²) in [5.74, 6) is 4.37. The number of nitrogens with one attached hydrogen (secondary N) is 1. The lowest BCUT2D eigenvalue weighted by Gasteiger charge is -2.26. The van der Waals surface area contributed by atoms with Crippen molar-refractivity contribution in [3.05, 3.63) is 29.8 Å². The molecule has 3 fully saturated rings. The number of fused-ring (bicyclic) bond motifs is 2. The average Bonchev–Trinajstić information content (AvgIpc) is 3.25. The molecule has 4 nitrogen and oxygen atoms in total. The smallest absolute Gasteiger partial charge is 0.253 e. The topological polar surface area (TPSA) is 49.4 Å². The van der Waals surface area contributed by atoms with Gasteiger partial charge in [-0.25, -0.2) is 0 Å². The lowest BCUT2D eigenvalue weighted by atomic mass is 9.86. The molecule has 3 aliphatic rings. The molecule has 0 aromatic heterocycles. The molecular weight excluding hydrogens is 332 g/mol. The maximum absolute atomic E-state index is 12.6. The number of carbonyl (C=O) groups is 2. The minimum absolute atomic E-state index is 0.0736. The molecule has 1 aromatic rings. The summed E-state index contributed by atoms with van der Waals surface area (Å²) in [5, 5.41) is 3.01. The Morgan fingerprint density at radius 3 is 2.72 bits per heavy atom. The van der Waals surface area contributed by atoms with Crippen molar-refractivity contribution < 1.29 is 9.59 Å². The highest BCUT2D eigenvalue weighted by Gasteiger charge is 2.40. The Kier molecular flexibility index (Phi) is 5.02. The lowest BCUT2D eigenvalue weighted by molar-refractivity contribution is -0.117. The van der Waals surface area contributed by atoms with E-state index < -0.39 is 0 Å². The molecule has 2 saturated carbocycles.